The van der Waals surface area contributed by atoms with E-state index in [9.17, 15) is 14.4 Å². The lowest BCUT2D eigenvalue weighted by atomic mass is 10.1. The Labute approximate surface area is 160 Å². The molecule has 1 aliphatic rings. The van der Waals surface area contributed by atoms with E-state index < -0.39 is 5.97 Å². The first-order valence-corrected chi connectivity index (χ1v) is 8.73. The van der Waals surface area contributed by atoms with Crippen LogP contribution in [0.1, 0.15) is 26.3 Å². The predicted molar refractivity (Wildman–Crippen MR) is 99.2 cm³/mol. The van der Waals surface area contributed by atoms with Gasteiger partial charge >= 0.3 is 5.97 Å². The number of hydrogen-bond donors (Lipinski definition) is 0. The van der Waals surface area contributed by atoms with Crippen LogP contribution in [0, 0.1) is 0 Å². The number of furan rings is 1. The van der Waals surface area contributed by atoms with Gasteiger partial charge in [0.2, 0.25) is 0 Å². The molecular formula is C21H17NO6. The predicted octanol–water partition coefficient (Wildman–Crippen LogP) is 2.82. The third kappa shape index (κ3) is 3.11. The van der Waals surface area contributed by atoms with E-state index >= 15 is 0 Å². The first kappa shape index (κ1) is 17.8. The summed E-state index contributed by atoms with van der Waals surface area (Å²) in [6.45, 7) is -0.0463. The second kappa shape index (κ2) is 7.19. The Hall–Kier alpha value is -3.61. The van der Waals surface area contributed by atoms with E-state index in [1.165, 1.54) is 6.26 Å². The van der Waals surface area contributed by atoms with Gasteiger partial charge in [0.25, 0.3) is 11.8 Å². The molecule has 1 aromatic heterocycles. The average molecular weight is 379 g/mol. The van der Waals surface area contributed by atoms with Gasteiger partial charge in [-0.25, -0.2) is 0 Å². The highest BCUT2D eigenvalue weighted by molar-refractivity contribution is 6.21. The van der Waals surface area contributed by atoms with Crippen molar-refractivity contribution in [1.82, 2.24) is 4.90 Å². The molecule has 142 valence electrons. The molecule has 3 aromatic rings. The van der Waals surface area contributed by atoms with E-state index in [2.05, 4.69) is 0 Å². The van der Waals surface area contributed by atoms with Crippen LogP contribution in [0.3, 0.4) is 0 Å². The molecule has 2 aromatic carbocycles. The zero-order valence-corrected chi connectivity index (χ0v) is 15.1. The second-order valence-electron chi connectivity index (χ2n) is 6.33. The lowest BCUT2D eigenvalue weighted by Gasteiger charge is -2.13. The van der Waals surface area contributed by atoms with Gasteiger partial charge in [0, 0.05) is 17.0 Å². The Morgan fingerprint density at radius 3 is 2.46 bits per heavy atom. The van der Waals surface area contributed by atoms with Crippen molar-refractivity contribution in [1.29, 1.82) is 0 Å². The molecule has 0 saturated heterocycles. The topological polar surface area (TPSA) is 86.0 Å². The number of rotatable bonds is 6. The van der Waals surface area contributed by atoms with Gasteiger partial charge < -0.3 is 13.9 Å². The SMILES string of the molecule is COc1ccc2c(CC(=O)OCCN3C(=O)c4ccccc4C3=O)coc2c1. The van der Waals surface area contributed by atoms with E-state index in [1.54, 1.807) is 43.5 Å². The largest absolute Gasteiger partial charge is 0.497 e. The zero-order chi connectivity index (χ0) is 19.7. The van der Waals surface area contributed by atoms with Crippen LogP contribution in [0.4, 0.5) is 0 Å². The minimum Gasteiger partial charge on any atom is -0.497 e. The smallest absolute Gasteiger partial charge is 0.310 e. The van der Waals surface area contributed by atoms with Gasteiger partial charge in [0.05, 0.1) is 37.5 Å². The number of esters is 1. The Kier molecular flexibility index (Phi) is 4.57. The molecule has 0 unspecified atom stereocenters. The van der Waals surface area contributed by atoms with Crippen molar-refractivity contribution < 1.29 is 28.3 Å². The first-order chi connectivity index (χ1) is 13.6. The fourth-order valence-electron chi connectivity index (χ4n) is 3.23. The number of methoxy groups -OCH3 is 1. The standard InChI is InChI=1S/C21H17NO6/c1-26-14-6-7-15-13(12-28-18(15)11-14)10-19(23)27-9-8-22-20(24)16-4-2-3-5-17(16)21(22)25/h2-7,11-12H,8-10H2,1H3. The molecule has 7 nitrogen and oxygen atoms in total. The summed E-state index contributed by atoms with van der Waals surface area (Å²) in [6.07, 6.45) is 1.54. The summed E-state index contributed by atoms with van der Waals surface area (Å²) in [6, 6.07) is 12.0. The molecular weight excluding hydrogens is 362 g/mol. The molecule has 1 aliphatic heterocycles. The molecule has 0 spiro atoms. The molecule has 4 rings (SSSR count). The molecule has 0 N–H and O–H groups in total. The van der Waals surface area contributed by atoms with Crippen LogP contribution in [0.15, 0.2) is 53.1 Å². The maximum atomic E-state index is 12.3. The fourth-order valence-corrected chi connectivity index (χ4v) is 3.23. The summed E-state index contributed by atoms with van der Waals surface area (Å²) in [7, 11) is 1.57. The van der Waals surface area contributed by atoms with E-state index in [0.29, 0.717) is 28.0 Å². The van der Waals surface area contributed by atoms with E-state index in [0.717, 1.165) is 10.3 Å². The number of carbonyl (C=O) groups excluding carboxylic acids is 3. The molecule has 7 heteroatoms. The van der Waals surface area contributed by atoms with Gasteiger partial charge in [0.1, 0.15) is 17.9 Å². The summed E-state index contributed by atoms with van der Waals surface area (Å²) >= 11 is 0. The zero-order valence-electron chi connectivity index (χ0n) is 15.1. The first-order valence-electron chi connectivity index (χ1n) is 8.73. The molecule has 2 amide bonds. The summed E-state index contributed by atoms with van der Waals surface area (Å²) in [4.78, 5) is 37.8. The third-order valence-electron chi connectivity index (χ3n) is 4.65. The van der Waals surface area contributed by atoms with Gasteiger partial charge in [0.15, 0.2) is 0 Å². The fraction of sp³-hybridized carbons (Fsp3) is 0.190. The normalized spacial score (nSPS) is 13.1. The number of nitrogens with zero attached hydrogens (tertiary/aromatic N) is 1. The van der Waals surface area contributed by atoms with Gasteiger partial charge in [-0.3, -0.25) is 19.3 Å². The maximum Gasteiger partial charge on any atom is 0.310 e. The van der Waals surface area contributed by atoms with Gasteiger partial charge in [-0.1, -0.05) is 12.1 Å². The molecule has 0 fully saturated rings. The lowest BCUT2D eigenvalue weighted by Crippen LogP contribution is -2.33. The highest BCUT2D eigenvalue weighted by atomic mass is 16.5. The lowest BCUT2D eigenvalue weighted by molar-refractivity contribution is -0.143. The summed E-state index contributed by atoms with van der Waals surface area (Å²) in [5, 5.41) is 0.804. The quantitative estimate of drug-likeness (QED) is 0.484. The van der Waals surface area contributed by atoms with Crippen molar-refractivity contribution in [2.24, 2.45) is 0 Å². The van der Waals surface area contributed by atoms with Crippen LogP contribution in [0.2, 0.25) is 0 Å². The van der Waals surface area contributed by atoms with Crippen molar-refractivity contribution >= 4 is 28.8 Å². The van der Waals surface area contributed by atoms with E-state index in [-0.39, 0.29) is 31.4 Å². The Morgan fingerprint density at radius 2 is 1.79 bits per heavy atom. The highest BCUT2D eigenvalue weighted by Gasteiger charge is 2.34. The van der Waals surface area contributed by atoms with Crippen molar-refractivity contribution in [2.45, 2.75) is 6.42 Å². The number of carbonyl (C=O) groups is 3. The summed E-state index contributed by atoms with van der Waals surface area (Å²) in [5.74, 6) is -0.537. The minimum atomic E-state index is -0.463. The van der Waals surface area contributed by atoms with E-state index in [4.69, 9.17) is 13.9 Å². The van der Waals surface area contributed by atoms with Crippen molar-refractivity contribution in [2.75, 3.05) is 20.3 Å². The second-order valence-corrected chi connectivity index (χ2v) is 6.33. The molecule has 0 atom stereocenters. The van der Waals surface area contributed by atoms with Crippen molar-refractivity contribution in [3.8, 4) is 5.75 Å². The number of imide groups is 1. The van der Waals surface area contributed by atoms with Gasteiger partial charge in [-0.05, 0) is 24.3 Å². The van der Waals surface area contributed by atoms with Crippen molar-refractivity contribution in [3.05, 3.63) is 65.4 Å². The maximum absolute atomic E-state index is 12.3. The number of ether oxygens (including phenoxy) is 2. The van der Waals surface area contributed by atoms with Crippen LogP contribution >= 0.6 is 0 Å². The van der Waals surface area contributed by atoms with Crippen molar-refractivity contribution in [3.63, 3.8) is 0 Å². The molecule has 0 saturated carbocycles. The van der Waals surface area contributed by atoms with Crippen LogP contribution in [-0.2, 0) is 16.0 Å². The Balaban J connectivity index is 1.35. The van der Waals surface area contributed by atoms with Gasteiger partial charge in [-0.2, -0.15) is 0 Å². The average Bonchev–Trinajstić information content (AvgIpc) is 3.22. The highest BCUT2D eigenvalue weighted by Crippen LogP contribution is 2.26. The Bertz CT molecular complexity index is 1050. The molecule has 2 heterocycles. The summed E-state index contributed by atoms with van der Waals surface area (Å²) < 4.78 is 15.8. The minimum absolute atomic E-state index is 0.0153. The number of hydrogen-bond acceptors (Lipinski definition) is 6. The van der Waals surface area contributed by atoms with E-state index in [1.807, 2.05) is 6.07 Å². The third-order valence-corrected chi connectivity index (χ3v) is 4.65. The molecule has 0 aliphatic carbocycles. The van der Waals surface area contributed by atoms with Crippen LogP contribution in [-0.4, -0.2) is 42.9 Å². The number of amides is 2. The number of benzene rings is 2. The molecule has 0 bridgehead atoms. The van der Waals surface area contributed by atoms with Gasteiger partial charge in [-0.15, -0.1) is 0 Å². The van der Waals surface area contributed by atoms with Crippen LogP contribution < -0.4 is 4.74 Å². The van der Waals surface area contributed by atoms with Crippen LogP contribution in [0.5, 0.6) is 5.75 Å². The number of fused-ring (bicyclic) bond motifs is 2. The molecule has 28 heavy (non-hydrogen) atoms. The Morgan fingerprint density at radius 1 is 1.07 bits per heavy atom. The monoisotopic (exact) mass is 379 g/mol. The molecule has 0 radical (unpaired) electrons. The summed E-state index contributed by atoms with van der Waals surface area (Å²) in [5.41, 5.74) is 2.06. The van der Waals surface area contributed by atoms with Crippen LogP contribution in [0.25, 0.3) is 11.0 Å².